The van der Waals surface area contributed by atoms with Crippen LogP contribution in [0.5, 0.6) is 0 Å². The summed E-state index contributed by atoms with van der Waals surface area (Å²) >= 11 is 0. The standard InChI is InChI=1S/C13H18N2O2/c1-7(2)6-11-9(4)13(17)15-12(16)8(3)10(5)14(11)15/h7H,6H2,1-5H3. The van der Waals surface area contributed by atoms with E-state index in [1.165, 1.54) is 4.52 Å². The lowest BCUT2D eigenvalue weighted by Gasteiger charge is -2.06. The largest absolute Gasteiger partial charge is 0.277 e. The second-order valence-corrected chi connectivity index (χ2v) is 5.11. The van der Waals surface area contributed by atoms with E-state index < -0.39 is 0 Å². The molecule has 0 aliphatic heterocycles. The van der Waals surface area contributed by atoms with Crippen LogP contribution in [0, 0.1) is 26.7 Å². The first-order valence-electron chi connectivity index (χ1n) is 5.92. The van der Waals surface area contributed by atoms with Crippen LogP contribution in [0.25, 0.3) is 0 Å². The molecule has 0 aromatic carbocycles. The smallest absolute Gasteiger partial charge is 0.267 e. The number of hydrogen-bond donors (Lipinski definition) is 0. The molecule has 0 saturated heterocycles. The van der Waals surface area contributed by atoms with Crippen molar-refractivity contribution < 1.29 is 0 Å². The lowest BCUT2D eigenvalue weighted by atomic mass is 10.1. The van der Waals surface area contributed by atoms with Crippen molar-refractivity contribution in [1.82, 2.24) is 9.03 Å². The molecule has 0 aliphatic rings. The maximum absolute atomic E-state index is 12.1. The predicted molar refractivity (Wildman–Crippen MR) is 67.3 cm³/mol. The van der Waals surface area contributed by atoms with E-state index in [1.807, 2.05) is 6.92 Å². The van der Waals surface area contributed by atoms with Gasteiger partial charge in [0.2, 0.25) is 0 Å². The van der Waals surface area contributed by atoms with Gasteiger partial charge in [-0.15, -0.1) is 0 Å². The first kappa shape index (κ1) is 11.9. The number of fused-ring (bicyclic) bond motifs is 1. The maximum atomic E-state index is 12.1. The van der Waals surface area contributed by atoms with Crippen molar-refractivity contribution in [3.8, 4) is 0 Å². The van der Waals surface area contributed by atoms with Crippen molar-refractivity contribution >= 4 is 0 Å². The third-order valence-corrected chi connectivity index (χ3v) is 3.38. The van der Waals surface area contributed by atoms with Crippen LogP contribution in [-0.2, 0) is 6.42 Å². The van der Waals surface area contributed by atoms with Crippen molar-refractivity contribution in [1.29, 1.82) is 0 Å². The van der Waals surface area contributed by atoms with Crippen LogP contribution in [0.15, 0.2) is 9.59 Å². The van der Waals surface area contributed by atoms with Crippen molar-refractivity contribution in [3.05, 3.63) is 43.2 Å². The minimum absolute atomic E-state index is 0.179. The summed E-state index contributed by atoms with van der Waals surface area (Å²) in [5.41, 5.74) is 2.82. The summed E-state index contributed by atoms with van der Waals surface area (Å²) in [4.78, 5) is 24.0. The number of hydrogen-bond acceptors (Lipinski definition) is 2. The average Bonchev–Trinajstić information content (AvgIpc) is 2.62. The zero-order chi connectivity index (χ0) is 12.9. The average molecular weight is 234 g/mol. The second kappa shape index (κ2) is 3.72. The van der Waals surface area contributed by atoms with Crippen LogP contribution >= 0.6 is 0 Å². The molecule has 4 heteroatoms. The molecule has 0 atom stereocenters. The van der Waals surface area contributed by atoms with E-state index in [-0.39, 0.29) is 11.1 Å². The monoisotopic (exact) mass is 234 g/mol. The van der Waals surface area contributed by atoms with E-state index >= 15 is 0 Å². The molecule has 2 heterocycles. The molecular formula is C13H18N2O2. The van der Waals surface area contributed by atoms with Crippen LogP contribution in [-0.4, -0.2) is 9.03 Å². The van der Waals surface area contributed by atoms with E-state index in [9.17, 15) is 9.59 Å². The van der Waals surface area contributed by atoms with Gasteiger partial charge in [-0.3, -0.25) is 14.1 Å². The molecule has 2 aromatic rings. The first-order chi connectivity index (χ1) is 7.86. The Kier molecular flexibility index (Phi) is 2.60. The molecule has 0 bridgehead atoms. The highest BCUT2D eigenvalue weighted by atomic mass is 16.2. The zero-order valence-corrected chi connectivity index (χ0v) is 11.0. The summed E-state index contributed by atoms with van der Waals surface area (Å²) in [6, 6.07) is 0. The molecule has 2 aromatic heterocycles. The summed E-state index contributed by atoms with van der Waals surface area (Å²) in [7, 11) is 0. The Morgan fingerprint density at radius 1 is 0.941 bits per heavy atom. The zero-order valence-electron chi connectivity index (χ0n) is 11.0. The van der Waals surface area contributed by atoms with Crippen LogP contribution in [0.3, 0.4) is 0 Å². The van der Waals surface area contributed by atoms with Gasteiger partial charge in [0.15, 0.2) is 0 Å². The lowest BCUT2D eigenvalue weighted by Crippen LogP contribution is -2.23. The fraction of sp³-hybridized carbons (Fsp3) is 0.538. The Hall–Kier alpha value is -1.58. The predicted octanol–water partition coefficient (Wildman–Crippen LogP) is 1.32. The molecule has 0 unspecified atom stereocenters. The molecule has 0 N–H and O–H groups in total. The number of nitrogens with zero attached hydrogens (tertiary/aromatic N) is 2. The Morgan fingerprint density at radius 3 is 2.00 bits per heavy atom. The molecule has 17 heavy (non-hydrogen) atoms. The third-order valence-electron chi connectivity index (χ3n) is 3.38. The van der Waals surface area contributed by atoms with Gasteiger partial charge in [0.05, 0.1) is 0 Å². The summed E-state index contributed by atoms with van der Waals surface area (Å²) in [5, 5.41) is 0. The highest BCUT2D eigenvalue weighted by molar-refractivity contribution is 5.26. The molecule has 92 valence electrons. The number of aromatic nitrogens is 2. The van der Waals surface area contributed by atoms with Gasteiger partial charge >= 0.3 is 0 Å². The summed E-state index contributed by atoms with van der Waals surface area (Å²) in [6.07, 6.45) is 0.811. The van der Waals surface area contributed by atoms with E-state index in [4.69, 9.17) is 0 Å². The Balaban J connectivity index is 2.93. The Bertz CT molecular complexity index is 677. The Labute approximate surface area is 99.8 Å². The highest BCUT2D eigenvalue weighted by Crippen LogP contribution is 2.13. The van der Waals surface area contributed by atoms with Gasteiger partial charge < -0.3 is 0 Å². The topological polar surface area (TPSA) is 43.0 Å². The maximum Gasteiger partial charge on any atom is 0.277 e. The van der Waals surface area contributed by atoms with E-state index in [0.29, 0.717) is 17.0 Å². The van der Waals surface area contributed by atoms with Crippen LogP contribution in [0.2, 0.25) is 0 Å². The summed E-state index contributed by atoms with van der Waals surface area (Å²) < 4.78 is 3.05. The molecule has 0 aliphatic carbocycles. The van der Waals surface area contributed by atoms with E-state index in [0.717, 1.165) is 17.8 Å². The third kappa shape index (κ3) is 1.51. The summed E-state index contributed by atoms with van der Waals surface area (Å²) in [6.45, 7) is 9.67. The minimum Gasteiger partial charge on any atom is -0.267 e. The SMILES string of the molecule is Cc1c(C)n2c(CC(C)C)c(C)c(=O)n2c1=O. The molecule has 0 amide bonds. The molecule has 0 radical (unpaired) electrons. The lowest BCUT2D eigenvalue weighted by molar-refractivity contribution is 0.610. The quantitative estimate of drug-likeness (QED) is 0.786. The van der Waals surface area contributed by atoms with Gasteiger partial charge in [-0.25, -0.2) is 0 Å². The van der Waals surface area contributed by atoms with Crippen LogP contribution < -0.4 is 11.1 Å². The highest BCUT2D eigenvalue weighted by Gasteiger charge is 2.20. The molecule has 0 spiro atoms. The van der Waals surface area contributed by atoms with Crippen molar-refractivity contribution in [3.63, 3.8) is 0 Å². The van der Waals surface area contributed by atoms with Gasteiger partial charge in [0, 0.05) is 22.5 Å². The van der Waals surface area contributed by atoms with Gasteiger partial charge in [-0.05, 0) is 33.1 Å². The van der Waals surface area contributed by atoms with E-state index in [1.54, 1.807) is 18.4 Å². The van der Waals surface area contributed by atoms with Crippen LogP contribution in [0.1, 0.15) is 36.4 Å². The molecule has 4 nitrogen and oxygen atoms in total. The summed E-state index contributed by atoms with van der Waals surface area (Å²) in [5.74, 6) is 0.455. The van der Waals surface area contributed by atoms with Crippen LogP contribution in [0.4, 0.5) is 0 Å². The van der Waals surface area contributed by atoms with Gasteiger partial charge in [-0.2, -0.15) is 4.52 Å². The minimum atomic E-state index is -0.189. The fourth-order valence-electron chi connectivity index (χ4n) is 2.29. The molecular weight excluding hydrogens is 216 g/mol. The molecule has 2 rings (SSSR count). The molecule has 0 fully saturated rings. The number of rotatable bonds is 2. The molecule has 0 saturated carbocycles. The first-order valence-corrected chi connectivity index (χ1v) is 5.92. The van der Waals surface area contributed by atoms with Crippen molar-refractivity contribution in [2.24, 2.45) is 5.92 Å². The van der Waals surface area contributed by atoms with E-state index in [2.05, 4.69) is 13.8 Å². The Morgan fingerprint density at radius 2 is 1.47 bits per heavy atom. The van der Waals surface area contributed by atoms with Gasteiger partial charge in [0.25, 0.3) is 11.1 Å². The normalized spacial score (nSPS) is 11.9. The van der Waals surface area contributed by atoms with Gasteiger partial charge in [-0.1, -0.05) is 13.8 Å². The van der Waals surface area contributed by atoms with Crippen molar-refractivity contribution in [2.75, 3.05) is 0 Å². The number of aryl methyl sites for hydroxylation is 1. The van der Waals surface area contributed by atoms with Gasteiger partial charge in [0.1, 0.15) is 0 Å². The fourth-order valence-corrected chi connectivity index (χ4v) is 2.29. The van der Waals surface area contributed by atoms with Crippen molar-refractivity contribution in [2.45, 2.75) is 41.0 Å². The second-order valence-electron chi connectivity index (χ2n) is 5.11.